The normalized spacial score (nSPS) is 39.7. The molecule has 1 heterocycles. The Morgan fingerprint density at radius 3 is 2.56 bits per heavy atom. The number of carboxylic acids is 1. The average Bonchev–Trinajstić information content (AvgIpc) is 3.37. The molecule has 4 aliphatic carbocycles. The second-order valence-corrected chi connectivity index (χ2v) is 13.4. The fourth-order valence-corrected chi connectivity index (χ4v) is 8.71. The highest BCUT2D eigenvalue weighted by Crippen LogP contribution is 2.67. The van der Waals surface area contributed by atoms with E-state index in [4.69, 9.17) is 4.42 Å². The highest BCUT2D eigenvalue weighted by atomic mass is 16.4. The lowest BCUT2D eigenvalue weighted by Gasteiger charge is -2.58. The monoisotopic (exact) mass is 466 g/mol. The number of allylic oxidation sites excluding steroid dienone is 1. The van der Waals surface area contributed by atoms with Crippen LogP contribution in [0.5, 0.6) is 0 Å². The summed E-state index contributed by atoms with van der Waals surface area (Å²) >= 11 is 0. The van der Waals surface area contributed by atoms with Crippen LogP contribution in [0.2, 0.25) is 0 Å². The summed E-state index contributed by atoms with van der Waals surface area (Å²) in [5, 5.41) is 9.25. The third-order valence-electron chi connectivity index (χ3n) is 10.6. The lowest BCUT2D eigenvalue weighted by molar-refractivity contribution is -0.137. The van der Waals surface area contributed by atoms with E-state index >= 15 is 0 Å². The molecule has 0 spiro atoms. The van der Waals surface area contributed by atoms with Crippen molar-refractivity contribution in [2.75, 3.05) is 0 Å². The van der Waals surface area contributed by atoms with Gasteiger partial charge in [0.25, 0.3) is 0 Å². The third kappa shape index (κ3) is 3.71. The largest absolute Gasteiger partial charge is 0.481 e. The first-order chi connectivity index (χ1) is 15.9. The molecule has 3 fully saturated rings. The fourth-order valence-electron chi connectivity index (χ4n) is 8.71. The molecule has 0 aromatic carbocycles. The number of ketones is 1. The maximum Gasteiger partial charge on any atom is 0.303 e. The Labute approximate surface area is 204 Å². The number of carbonyl (C=O) groups excluding carboxylic acids is 1. The summed E-state index contributed by atoms with van der Waals surface area (Å²) in [4.78, 5) is 24.5. The van der Waals surface area contributed by atoms with E-state index in [1.165, 1.54) is 37.7 Å². The van der Waals surface area contributed by atoms with Crippen molar-refractivity contribution in [3.63, 3.8) is 0 Å². The van der Waals surface area contributed by atoms with Crippen LogP contribution < -0.4 is 0 Å². The first-order valence-corrected chi connectivity index (χ1v) is 13.5. The number of fused-ring (bicyclic) bond motifs is 5. The number of hydrogen-bond acceptors (Lipinski definition) is 3. The van der Waals surface area contributed by atoms with Gasteiger partial charge in [0, 0.05) is 11.8 Å². The van der Waals surface area contributed by atoms with Crippen molar-refractivity contribution in [3.05, 3.63) is 35.3 Å². The number of furan rings is 1. The van der Waals surface area contributed by atoms with E-state index in [2.05, 4.69) is 40.7 Å². The van der Waals surface area contributed by atoms with E-state index in [9.17, 15) is 14.7 Å². The van der Waals surface area contributed by atoms with Crippen LogP contribution in [0.3, 0.4) is 0 Å². The second-order valence-electron chi connectivity index (χ2n) is 13.4. The molecule has 0 bridgehead atoms. The van der Waals surface area contributed by atoms with Crippen molar-refractivity contribution in [3.8, 4) is 0 Å². The quantitative estimate of drug-likeness (QED) is 0.506. The zero-order valence-electron chi connectivity index (χ0n) is 21.7. The van der Waals surface area contributed by atoms with Crippen molar-refractivity contribution in [2.24, 2.45) is 34.5 Å². The summed E-state index contributed by atoms with van der Waals surface area (Å²) in [6, 6.07) is 4.09. The highest BCUT2D eigenvalue weighted by Gasteiger charge is 2.59. The van der Waals surface area contributed by atoms with E-state index in [1.54, 1.807) is 0 Å². The molecule has 1 N–H and O–H groups in total. The van der Waals surface area contributed by atoms with E-state index in [-0.39, 0.29) is 27.9 Å². The molecular formula is C30H42O4. The Morgan fingerprint density at radius 2 is 1.88 bits per heavy atom. The summed E-state index contributed by atoms with van der Waals surface area (Å²) < 4.78 is 6.27. The summed E-state index contributed by atoms with van der Waals surface area (Å²) in [5.41, 5.74) is 1.64. The van der Waals surface area contributed by atoms with Gasteiger partial charge in [0.15, 0.2) is 5.78 Å². The molecular weight excluding hydrogens is 424 g/mol. The molecule has 4 heteroatoms. The van der Waals surface area contributed by atoms with Crippen LogP contribution in [0.4, 0.5) is 0 Å². The molecule has 4 aliphatic rings. The predicted molar refractivity (Wildman–Crippen MR) is 133 cm³/mol. The Balaban J connectivity index is 1.40. The highest BCUT2D eigenvalue weighted by molar-refractivity contribution is 5.97. The summed E-state index contributed by atoms with van der Waals surface area (Å²) in [6.45, 7) is 11.3. The molecule has 4 nitrogen and oxygen atoms in total. The van der Waals surface area contributed by atoms with Crippen LogP contribution in [-0.4, -0.2) is 16.9 Å². The number of rotatable bonds is 4. The molecule has 34 heavy (non-hydrogen) atoms. The third-order valence-corrected chi connectivity index (χ3v) is 10.6. The molecule has 5 rings (SSSR count). The van der Waals surface area contributed by atoms with Gasteiger partial charge >= 0.3 is 5.97 Å². The van der Waals surface area contributed by atoms with Gasteiger partial charge in [-0.05, 0) is 104 Å². The second kappa shape index (κ2) is 8.10. The first-order valence-electron chi connectivity index (χ1n) is 13.5. The maximum absolute atomic E-state index is 13.2. The maximum atomic E-state index is 13.2. The minimum absolute atomic E-state index is 0.0522. The van der Waals surface area contributed by atoms with Crippen molar-refractivity contribution in [1.82, 2.24) is 0 Å². The van der Waals surface area contributed by atoms with Crippen LogP contribution in [0, 0.1) is 34.5 Å². The van der Waals surface area contributed by atoms with Crippen LogP contribution in [0.15, 0.2) is 28.2 Å². The fraction of sp³-hybridized carbons (Fsp3) is 0.733. The smallest absolute Gasteiger partial charge is 0.303 e. The predicted octanol–water partition coefficient (Wildman–Crippen LogP) is 7.28. The number of carboxylic acid groups (broad SMARTS) is 1. The Bertz CT molecular complexity index is 1010. The van der Waals surface area contributed by atoms with Gasteiger partial charge in [0.1, 0.15) is 11.5 Å². The Morgan fingerprint density at radius 1 is 1.12 bits per heavy atom. The molecule has 186 valence electrons. The molecule has 0 amide bonds. The molecule has 0 saturated heterocycles. The van der Waals surface area contributed by atoms with Gasteiger partial charge in [-0.25, -0.2) is 0 Å². The zero-order chi connectivity index (χ0) is 24.5. The lowest BCUT2D eigenvalue weighted by atomic mass is 9.46. The average molecular weight is 467 g/mol. The van der Waals surface area contributed by atoms with Gasteiger partial charge in [-0.3, -0.25) is 9.59 Å². The van der Waals surface area contributed by atoms with Gasteiger partial charge in [-0.1, -0.05) is 40.2 Å². The van der Waals surface area contributed by atoms with Crippen molar-refractivity contribution < 1.29 is 19.1 Å². The van der Waals surface area contributed by atoms with Crippen LogP contribution in [0.1, 0.15) is 110 Å². The molecule has 1 aromatic rings. The van der Waals surface area contributed by atoms with Gasteiger partial charge in [0.2, 0.25) is 0 Å². The molecule has 0 aliphatic heterocycles. The molecule has 1 unspecified atom stereocenters. The number of aliphatic carboxylic acids is 1. The molecule has 1 aromatic heterocycles. The van der Waals surface area contributed by atoms with Crippen molar-refractivity contribution in [1.29, 1.82) is 0 Å². The van der Waals surface area contributed by atoms with E-state index in [0.717, 1.165) is 30.8 Å². The Kier molecular flexibility index (Phi) is 5.69. The minimum atomic E-state index is -0.661. The SMILES string of the molecule is CC(C)(C)c1ccc(C2C[C@@]3(C)C(=CC2=O)CC[C@H]2[C@@H]4CC[C@H](CCC(=O)O)[C@@]4(C)CC[C@@H]23)o1. The van der Waals surface area contributed by atoms with Crippen LogP contribution in [0.25, 0.3) is 0 Å². The summed E-state index contributed by atoms with van der Waals surface area (Å²) in [6.07, 6.45) is 11.0. The van der Waals surface area contributed by atoms with E-state index in [1.807, 2.05) is 12.1 Å². The summed E-state index contributed by atoms with van der Waals surface area (Å²) in [5.74, 6) is 3.69. The zero-order valence-corrected chi connectivity index (χ0v) is 21.7. The van der Waals surface area contributed by atoms with Crippen LogP contribution in [-0.2, 0) is 15.0 Å². The van der Waals surface area contributed by atoms with Crippen molar-refractivity contribution in [2.45, 2.75) is 104 Å². The van der Waals surface area contributed by atoms with Crippen molar-refractivity contribution >= 4 is 11.8 Å². The van der Waals surface area contributed by atoms with Gasteiger partial charge in [-0.15, -0.1) is 0 Å². The summed E-state index contributed by atoms with van der Waals surface area (Å²) in [7, 11) is 0. The van der Waals surface area contributed by atoms with Gasteiger partial charge < -0.3 is 9.52 Å². The minimum Gasteiger partial charge on any atom is -0.481 e. The first kappa shape index (κ1) is 23.9. The lowest BCUT2D eigenvalue weighted by Crippen LogP contribution is -2.51. The Hall–Kier alpha value is -1.84. The van der Waals surface area contributed by atoms with Gasteiger partial charge in [0.05, 0.1) is 5.92 Å². The van der Waals surface area contributed by atoms with Crippen LogP contribution >= 0.6 is 0 Å². The standard InChI is InChI=1S/C30H42O4/c1-28(2,3)26-12-11-25(34-26)21-17-30(5)19(16-24(21)31)6-9-20-22-10-7-18(8-13-27(32)33)29(22,4)15-14-23(20)30/h11-12,16,18,20-23H,6-10,13-15,17H2,1-5H3,(H,32,33)/t18-,20+,21?,22+,23+,29-,30+/m1/s1. The molecule has 0 radical (unpaired) electrons. The number of carbonyl (C=O) groups is 2. The van der Waals surface area contributed by atoms with E-state index in [0.29, 0.717) is 30.1 Å². The molecule has 3 saturated carbocycles. The van der Waals surface area contributed by atoms with E-state index < -0.39 is 5.97 Å². The number of hydrogen-bond donors (Lipinski definition) is 1. The molecule has 7 atom stereocenters. The van der Waals surface area contributed by atoms with Gasteiger partial charge in [-0.2, -0.15) is 0 Å². The topological polar surface area (TPSA) is 67.5 Å².